The normalized spacial score (nSPS) is 23.4. The van der Waals surface area contributed by atoms with E-state index in [1.807, 2.05) is 32.0 Å². The van der Waals surface area contributed by atoms with E-state index >= 15 is 0 Å². The standard InChI is InChI=1S/C16H23NO4S/c1-11-6-7-14(9-12(11)2)10-22(20,21)17-8-4-5-15(13(17)3)16(18)19/h6-7,9,13,15H,4-5,8,10H2,1-3H3,(H,18,19)/t13-,15-/m1/s1. The molecule has 2 rings (SSSR count). The Morgan fingerprint density at radius 3 is 2.59 bits per heavy atom. The van der Waals surface area contributed by atoms with Gasteiger partial charge in [-0.3, -0.25) is 4.79 Å². The molecule has 1 saturated heterocycles. The number of benzene rings is 1. The molecule has 0 amide bonds. The Balaban J connectivity index is 2.22. The second-order valence-corrected chi connectivity index (χ2v) is 8.03. The van der Waals surface area contributed by atoms with Crippen molar-refractivity contribution in [3.8, 4) is 0 Å². The van der Waals surface area contributed by atoms with E-state index in [1.54, 1.807) is 6.92 Å². The van der Waals surface area contributed by atoms with Crippen LogP contribution in [0.3, 0.4) is 0 Å². The van der Waals surface area contributed by atoms with E-state index in [9.17, 15) is 18.3 Å². The van der Waals surface area contributed by atoms with Gasteiger partial charge in [-0.1, -0.05) is 18.2 Å². The molecule has 1 fully saturated rings. The van der Waals surface area contributed by atoms with Crippen LogP contribution in [0.25, 0.3) is 0 Å². The van der Waals surface area contributed by atoms with Crippen LogP contribution >= 0.6 is 0 Å². The molecule has 1 N–H and O–H groups in total. The van der Waals surface area contributed by atoms with Gasteiger partial charge < -0.3 is 5.11 Å². The van der Waals surface area contributed by atoms with E-state index in [-0.39, 0.29) is 5.75 Å². The van der Waals surface area contributed by atoms with Crippen LogP contribution in [0.1, 0.15) is 36.5 Å². The van der Waals surface area contributed by atoms with E-state index in [2.05, 4.69) is 0 Å². The monoisotopic (exact) mass is 325 g/mol. The lowest BCUT2D eigenvalue weighted by atomic mass is 9.92. The number of rotatable bonds is 4. The number of hydrogen-bond acceptors (Lipinski definition) is 3. The van der Waals surface area contributed by atoms with E-state index in [0.29, 0.717) is 19.4 Å². The highest BCUT2D eigenvalue weighted by Gasteiger charge is 2.38. The summed E-state index contributed by atoms with van der Waals surface area (Å²) in [4.78, 5) is 11.3. The lowest BCUT2D eigenvalue weighted by molar-refractivity contribution is -0.144. The smallest absolute Gasteiger partial charge is 0.308 e. The third kappa shape index (κ3) is 3.50. The van der Waals surface area contributed by atoms with Gasteiger partial charge in [-0.15, -0.1) is 0 Å². The molecule has 0 spiro atoms. The van der Waals surface area contributed by atoms with Crippen molar-refractivity contribution in [3.63, 3.8) is 0 Å². The van der Waals surface area contributed by atoms with Gasteiger partial charge in [-0.25, -0.2) is 8.42 Å². The topological polar surface area (TPSA) is 74.7 Å². The third-order valence-corrected chi connectivity index (χ3v) is 6.45. The fourth-order valence-electron chi connectivity index (χ4n) is 3.02. The van der Waals surface area contributed by atoms with Crippen LogP contribution in [-0.2, 0) is 20.6 Å². The second kappa shape index (κ2) is 6.38. The maximum absolute atomic E-state index is 12.7. The third-order valence-electron chi connectivity index (χ3n) is 4.53. The molecular weight excluding hydrogens is 302 g/mol. The Morgan fingerprint density at radius 2 is 2.00 bits per heavy atom. The van der Waals surface area contributed by atoms with Gasteiger partial charge in [0.05, 0.1) is 11.7 Å². The maximum atomic E-state index is 12.7. The Kier molecular flexibility index (Phi) is 4.92. The van der Waals surface area contributed by atoms with Gasteiger partial charge in [0.1, 0.15) is 0 Å². The molecule has 1 aromatic rings. The van der Waals surface area contributed by atoms with Crippen molar-refractivity contribution in [2.24, 2.45) is 5.92 Å². The SMILES string of the molecule is Cc1ccc(CS(=O)(=O)N2CCC[C@@H](C(=O)O)[C@H]2C)cc1C. The van der Waals surface area contributed by atoms with Crippen LogP contribution in [0, 0.1) is 19.8 Å². The summed E-state index contributed by atoms with van der Waals surface area (Å²) in [5, 5.41) is 9.23. The Bertz CT molecular complexity index is 669. The second-order valence-electron chi connectivity index (χ2n) is 6.11. The van der Waals surface area contributed by atoms with E-state index in [4.69, 9.17) is 0 Å². The summed E-state index contributed by atoms with van der Waals surface area (Å²) in [6.07, 6.45) is 1.12. The number of carbonyl (C=O) groups is 1. The van der Waals surface area contributed by atoms with Crippen molar-refractivity contribution >= 4 is 16.0 Å². The van der Waals surface area contributed by atoms with E-state index in [1.165, 1.54) is 4.31 Å². The van der Waals surface area contributed by atoms with Gasteiger partial charge in [0, 0.05) is 12.6 Å². The first-order valence-electron chi connectivity index (χ1n) is 7.51. The fraction of sp³-hybridized carbons (Fsp3) is 0.562. The zero-order valence-electron chi connectivity index (χ0n) is 13.2. The first-order chi connectivity index (χ1) is 10.2. The van der Waals surface area contributed by atoms with Gasteiger partial charge in [0.2, 0.25) is 10.0 Å². The number of hydrogen-bond donors (Lipinski definition) is 1. The van der Waals surface area contributed by atoms with Crippen LogP contribution in [0.5, 0.6) is 0 Å². The number of aliphatic carboxylic acids is 1. The summed E-state index contributed by atoms with van der Waals surface area (Å²) < 4.78 is 26.7. The molecular formula is C16H23NO4S. The molecule has 6 heteroatoms. The van der Waals surface area contributed by atoms with Crippen LogP contribution < -0.4 is 0 Å². The van der Waals surface area contributed by atoms with Crippen LogP contribution in [0.2, 0.25) is 0 Å². The predicted octanol–water partition coefficient (Wildman–Crippen LogP) is 2.32. The molecule has 0 unspecified atom stereocenters. The first kappa shape index (κ1) is 17.0. The molecule has 1 aliphatic rings. The summed E-state index contributed by atoms with van der Waals surface area (Å²) in [6.45, 7) is 6.03. The fourth-order valence-corrected chi connectivity index (χ4v) is 4.85. The average molecular weight is 325 g/mol. The van der Waals surface area contributed by atoms with E-state index in [0.717, 1.165) is 16.7 Å². The quantitative estimate of drug-likeness (QED) is 0.922. The highest BCUT2D eigenvalue weighted by molar-refractivity contribution is 7.88. The summed E-state index contributed by atoms with van der Waals surface area (Å²) in [6, 6.07) is 5.13. The van der Waals surface area contributed by atoms with Crippen molar-refractivity contribution in [2.45, 2.75) is 45.4 Å². The molecule has 0 saturated carbocycles. The Labute approximate surface area is 132 Å². The summed E-state index contributed by atoms with van der Waals surface area (Å²) in [5.74, 6) is -1.62. The maximum Gasteiger partial charge on any atom is 0.308 e. The zero-order chi connectivity index (χ0) is 16.5. The van der Waals surface area contributed by atoms with Gasteiger partial charge in [-0.05, 0) is 50.3 Å². The molecule has 2 atom stereocenters. The highest BCUT2D eigenvalue weighted by atomic mass is 32.2. The summed E-state index contributed by atoms with van der Waals surface area (Å²) >= 11 is 0. The molecule has 5 nitrogen and oxygen atoms in total. The van der Waals surface area contributed by atoms with Crippen LogP contribution in [0.15, 0.2) is 18.2 Å². The molecule has 1 heterocycles. The number of piperidine rings is 1. The summed E-state index contributed by atoms with van der Waals surface area (Å²) in [7, 11) is -3.51. The first-order valence-corrected chi connectivity index (χ1v) is 9.12. The molecule has 0 bridgehead atoms. The van der Waals surface area contributed by atoms with Gasteiger partial charge >= 0.3 is 5.97 Å². The Hall–Kier alpha value is -1.40. The predicted molar refractivity (Wildman–Crippen MR) is 85.1 cm³/mol. The minimum Gasteiger partial charge on any atom is -0.481 e. The molecule has 22 heavy (non-hydrogen) atoms. The van der Waals surface area contributed by atoms with Crippen molar-refractivity contribution in [2.75, 3.05) is 6.54 Å². The number of sulfonamides is 1. The number of carboxylic acids is 1. The number of nitrogens with zero attached hydrogens (tertiary/aromatic N) is 1. The molecule has 122 valence electrons. The van der Waals surface area contributed by atoms with Gasteiger partial charge in [0.15, 0.2) is 0 Å². The minimum absolute atomic E-state index is 0.0786. The molecule has 0 aromatic heterocycles. The van der Waals surface area contributed by atoms with Crippen LogP contribution in [0.4, 0.5) is 0 Å². The van der Waals surface area contributed by atoms with Crippen molar-refractivity contribution < 1.29 is 18.3 Å². The van der Waals surface area contributed by atoms with Crippen molar-refractivity contribution in [1.29, 1.82) is 0 Å². The van der Waals surface area contributed by atoms with E-state index < -0.39 is 28.0 Å². The lowest BCUT2D eigenvalue weighted by Gasteiger charge is -2.36. The molecule has 1 aliphatic heterocycles. The number of aryl methyl sites for hydroxylation is 2. The Morgan fingerprint density at radius 1 is 1.32 bits per heavy atom. The minimum atomic E-state index is -3.51. The zero-order valence-corrected chi connectivity index (χ0v) is 14.1. The highest BCUT2D eigenvalue weighted by Crippen LogP contribution is 2.28. The van der Waals surface area contributed by atoms with Crippen LogP contribution in [-0.4, -0.2) is 36.4 Å². The van der Waals surface area contributed by atoms with Crippen molar-refractivity contribution in [3.05, 3.63) is 34.9 Å². The summed E-state index contributed by atoms with van der Waals surface area (Å²) in [5.41, 5.74) is 2.92. The largest absolute Gasteiger partial charge is 0.481 e. The number of carboxylic acid groups (broad SMARTS) is 1. The molecule has 0 radical (unpaired) electrons. The van der Waals surface area contributed by atoms with Crippen molar-refractivity contribution in [1.82, 2.24) is 4.31 Å². The lowest BCUT2D eigenvalue weighted by Crippen LogP contribution is -2.49. The average Bonchev–Trinajstić information content (AvgIpc) is 2.42. The van der Waals surface area contributed by atoms with Gasteiger partial charge in [-0.2, -0.15) is 4.31 Å². The molecule has 0 aliphatic carbocycles. The van der Waals surface area contributed by atoms with Gasteiger partial charge in [0.25, 0.3) is 0 Å². The molecule has 1 aromatic carbocycles.